The molecular formula is C35H47B2N. The molecule has 38 heavy (non-hydrogen) atoms. The zero-order chi connectivity index (χ0) is 27.5. The molecule has 198 valence electrons. The maximum atomic E-state index is 2.44. The van der Waals surface area contributed by atoms with E-state index < -0.39 is 0 Å². The van der Waals surface area contributed by atoms with Crippen molar-refractivity contribution in [2.24, 2.45) is 21.7 Å². The largest absolute Gasteiger partial charge is 0.311 e. The van der Waals surface area contributed by atoms with Crippen LogP contribution >= 0.6 is 0 Å². The minimum atomic E-state index is 0.371. The van der Waals surface area contributed by atoms with Crippen molar-refractivity contribution in [1.82, 2.24) is 0 Å². The van der Waals surface area contributed by atoms with Crippen molar-refractivity contribution < 1.29 is 0 Å². The quantitative estimate of drug-likeness (QED) is 0.314. The lowest BCUT2D eigenvalue weighted by Crippen LogP contribution is -2.28. The third-order valence-electron chi connectivity index (χ3n) is 11.2. The molecule has 2 aliphatic heterocycles. The van der Waals surface area contributed by atoms with E-state index in [9.17, 15) is 0 Å². The molecule has 2 aliphatic rings. The summed E-state index contributed by atoms with van der Waals surface area (Å²) < 4.78 is 0. The van der Waals surface area contributed by atoms with E-state index in [0.29, 0.717) is 35.1 Å². The van der Waals surface area contributed by atoms with Crippen molar-refractivity contribution >= 4 is 41.4 Å². The second-order valence-electron chi connectivity index (χ2n) is 15.1. The van der Waals surface area contributed by atoms with E-state index in [-0.39, 0.29) is 0 Å². The maximum absolute atomic E-state index is 2.44. The number of rotatable bonds is 5. The number of aryl methyl sites for hydroxylation is 1. The molecule has 3 aromatic rings. The molecule has 1 nitrogen and oxygen atoms in total. The second-order valence-corrected chi connectivity index (χ2v) is 15.1. The number of nitrogens with zero attached hydrogens (tertiary/aromatic N) is 1. The molecule has 2 heterocycles. The minimum absolute atomic E-state index is 0.371. The number of hydrogen-bond donors (Lipinski definition) is 0. The van der Waals surface area contributed by atoms with Crippen molar-refractivity contribution in [3.63, 3.8) is 0 Å². The summed E-state index contributed by atoms with van der Waals surface area (Å²) in [5.74, 6) is 0. The molecule has 5 rings (SSSR count). The van der Waals surface area contributed by atoms with Gasteiger partial charge in [-0.25, -0.2) is 0 Å². The Balaban J connectivity index is 1.44. The number of benzene rings is 3. The van der Waals surface area contributed by atoms with Gasteiger partial charge < -0.3 is 4.90 Å². The molecule has 2 saturated heterocycles. The first-order valence-electron chi connectivity index (χ1n) is 14.8. The van der Waals surface area contributed by atoms with Gasteiger partial charge in [0.25, 0.3) is 0 Å². The fourth-order valence-corrected chi connectivity index (χ4v) is 7.12. The average molecular weight is 503 g/mol. The standard InChI is InChI=1S/C35H47B2N/c1-26-10-16-29(17-11-26)38(30-18-12-27(13-19-30)36-22-32(2,3)33(4,5)23-36)31-20-14-28(15-21-31)37-24-34(6,7)35(8,9)25-37/h10-21H,22-25H2,1-9H3. The van der Waals surface area contributed by atoms with Gasteiger partial charge in [-0.3, -0.25) is 0 Å². The van der Waals surface area contributed by atoms with E-state index in [1.165, 1.54) is 58.8 Å². The predicted octanol–water partition coefficient (Wildman–Crippen LogP) is 9.00. The molecule has 0 unspecified atom stereocenters. The summed E-state index contributed by atoms with van der Waals surface area (Å²) in [5.41, 5.74) is 9.41. The van der Waals surface area contributed by atoms with Crippen LogP contribution in [0.1, 0.15) is 61.0 Å². The van der Waals surface area contributed by atoms with Crippen LogP contribution in [0.15, 0.2) is 72.8 Å². The van der Waals surface area contributed by atoms with Crippen molar-refractivity contribution in [2.45, 2.75) is 87.6 Å². The van der Waals surface area contributed by atoms with E-state index in [2.05, 4.69) is 140 Å². The van der Waals surface area contributed by atoms with E-state index >= 15 is 0 Å². The first-order chi connectivity index (χ1) is 17.7. The minimum Gasteiger partial charge on any atom is -0.311 e. The van der Waals surface area contributed by atoms with Gasteiger partial charge in [-0.05, 0) is 65.0 Å². The molecule has 3 heteroatoms. The van der Waals surface area contributed by atoms with E-state index in [1.807, 2.05) is 0 Å². The summed E-state index contributed by atoms with van der Waals surface area (Å²) >= 11 is 0. The molecule has 0 bridgehead atoms. The van der Waals surface area contributed by atoms with Crippen LogP contribution < -0.4 is 15.8 Å². The summed E-state index contributed by atoms with van der Waals surface area (Å²) in [5, 5.41) is 0. The first kappa shape index (κ1) is 27.2. The zero-order valence-corrected chi connectivity index (χ0v) is 25.4. The molecule has 0 saturated carbocycles. The Hall–Kier alpha value is -2.41. The molecule has 0 atom stereocenters. The van der Waals surface area contributed by atoms with Gasteiger partial charge in [0.1, 0.15) is 0 Å². The predicted molar refractivity (Wildman–Crippen MR) is 171 cm³/mol. The topological polar surface area (TPSA) is 3.24 Å². The van der Waals surface area contributed by atoms with Gasteiger partial charge in [-0.2, -0.15) is 0 Å². The SMILES string of the molecule is Cc1ccc(N(c2ccc(B3CC(C)(C)C(C)(C)C3)cc2)c2ccc(B3CC(C)(C)C(C)(C)C3)cc2)cc1. The molecule has 0 N–H and O–H groups in total. The number of hydrogen-bond acceptors (Lipinski definition) is 1. The van der Waals surface area contributed by atoms with E-state index in [0.717, 1.165) is 0 Å². The summed E-state index contributed by atoms with van der Waals surface area (Å²) in [4.78, 5) is 2.41. The summed E-state index contributed by atoms with van der Waals surface area (Å²) in [7, 11) is 0. The maximum Gasteiger partial charge on any atom is 0.176 e. The fraction of sp³-hybridized carbons (Fsp3) is 0.486. The highest BCUT2D eigenvalue weighted by Gasteiger charge is 2.49. The van der Waals surface area contributed by atoms with Crippen LogP contribution in [0.25, 0.3) is 0 Å². The van der Waals surface area contributed by atoms with E-state index in [1.54, 1.807) is 0 Å². The van der Waals surface area contributed by atoms with Crippen LogP contribution in [0, 0.1) is 28.6 Å². The van der Waals surface area contributed by atoms with Crippen LogP contribution in [0.4, 0.5) is 17.1 Å². The monoisotopic (exact) mass is 503 g/mol. The normalized spacial score (nSPS) is 21.1. The van der Waals surface area contributed by atoms with Crippen LogP contribution in [0.3, 0.4) is 0 Å². The third-order valence-corrected chi connectivity index (χ3v) is 11.2. The van der Waals surface area contributed by atoms with Crippen molar-refractivity contribution in [3.05, 3.63) is 78.4 Å². The van der Waals surface area contributed by atoms with Crippen LogP contribution in [-0.4, -0.2) is 13.4 Å². The van der Waals surface area contributed by atoms with Crippen molar-refractivity contribution in [3.8, 4) is 0 Å². The molecule has 0 radical (unpaired) electrons. The zero-order valence-electron chi connectivity index (χ0n) is 25.4. The van der Waals surface area contributed by atoms with Gasteiger partial charge in [0, 0.05) is 17.1 Å². The lowest BCUT2D eigenvalue weighted by Gasteiger charge is -2.35. The second kappa shape index (κ2) is 9.35. The Kier molecular flexibility index (Phi) is 6.69. The van der Waals surface area contributed by atoms with Crippen LogP contribution in [0.2, 0.25) is 25.3 Å². The van der Waals surface area contributed by atoms with Crippen molar-refractivity contribution in [2.75, 3.05) is 4.90 Å². The highest BCUT2D eigenvalue weighted by atomic mass is 15.1. The Labute approximate surface area is 233 Å². The first-order valence-corrected chi connectivity index (χ1v) is 14.8. The fourth-order valence-electron chi connectivity index (χ4n) is 7.12. The highest BCUT2D eigenvalue weighted by Crippen LogP contribution is 2.53. The molecule has 0 aromatic heterocycles. The van der Waals surface area contributed by atoms with Gasteiger partial charge in [-0.15, -0.1) is 0 Å². The summed E-state index contributed by atoms with van der Waals surface area (Å²) in [6.45, 7) is 23.0. The Morgan fingerprint density at radius 1 is 0.447 bits per heavy atom. The Morgan fingerprint density at radius 2 is 0.711 bits per heavy atom. The summed E-state index contributed by atoms with van der Waals surface area (Å²) in [6, 6.07) is 27.8. The lowest BCUT2D eigenvalue weighted by atomic mass is 9.42. The molecule has 2 fully saturated rings. The smallest absolute Gasteiger partial charge is 0.176 e. The third kappa shape index (κ3) is 4.87. The van der Waals surface area contributed by atoms with Gasteiger partial charge in [-0.1, -0.05) is 134 Å². The molecule has 0 aliphatic carbocycles. The molecule has 0 spiro atoms. The Morgan fingerprint density at radius 3 is 1.00 bits per heavy atom. The molecule has 0 amide bonds. The lowest BCUT2D eigenvalue weighted by molar-refractivity contribution is 0.177. The van der Waals surface area contributed by atoms with Crippen molar-refractivity contribution in [1.29, 1.82) is 0 Å². The van der Waals surface area contributed by atoms with Gasteiger partial charge in [0.15, 0.2) is 13.4 Å². The van der Waals surface area contributed by atoms with Gasteiger partial charge in [0.2, 0.25) is 0 Å². The molecular weight excluding hydrogens is 456 g/mol. The van der Waals surface area contributed by atoms with Crippen LogP contribution in [0.5, 0.6) is 0 Å². The average Bonchev–Trinajstić information content (AvgIpc) is 3.21. The summed E-state index contributed by atoms with van der Waals surface area (Å²) in [6.07, 6.45) is 5.04. The van der Waals surface area contributed by atoms with Gasteiger partial charge in [0.05, 0.1) is 0 Å². The molecule has 3 aromatic carbocycles. The van der Waals surface area contributed by atoms with Gasteiger partial charge >= 0.3 is 0 Å². The number of anilines is 3. The highest BCUT2D eigenvalue weighted by molar-refractivity contribution is 6.74. The van der Waals surface area contributed by atoms with Crippen LogP contribution in [-0.2, 0) is 0 Å². The van der Waals surface area contributed by atoms with E-state index in [4.69, 9.17) is 0 Å². The Bertz CT molecular complexity index is 1160.